The summed E-state index contributed by atoms with van der Waals surface area (Å²) in [4.78, 5) is 19.3. The van der Waals surface area contributed by atoms with Gasteiger partial charge < -0.3 is 23.6 Å². The molecule has 1 amide bonds. The average molecular weight is 450 g/mol. The van der Waals surface area contributed by atoms with E-state index in [9.17, 15) is 4.79 Å². The first-order chi connectivity index (χ1) is 15.1. The van der Waals surface area contributed by atoms with Gasteiger partial charge in [-0.05, 0) is 43.9 Å². The Morgan fingerprint density at radius 2 is 2.13 bits per heavy atom. The van der Waals surface area contributed by atoms with E-state index in [-0.39, 0.29) is 12.0 Å². The van der Waals surface area contributed by atoms with Crippen LogP contribution in [-0.4, -0.2) is 67.1 Å². The monoisotopic (exact) mass is 449 g/mol. The Bertz CT molecular complexity index is 884. The van der Waals surface area contributed by atoms with Gasteiger partial charge in [-0.2, -0.15) is 4.98 Å². The Labute approximate surface area is 186 Å². The van der Waals surface area contributed by atoms with Crippen LogP contribution in [0.1, 0.15) is 53.7 Å². The van der Waals surface area contributed by atoms with Gasteiger partial charge in [0.1, 0.15) is 5.75 Å². The number of likely N-dealkylation sites (tertiary alicyclic amines) is 1. The largest absolute Gasteiger partial charge is 0.496 e. The lowest BCUT2D eigenvalue weighted by atomic mass is 10.0. The van der Waals surface area contributed by atoms with E-state index in [0.717, 1.165) is 38.9 Å². The van der Waals surface area contributed by atoms with Crippen molar-refractivity contribution in [1.82, 2.24) is 15.0 Å². The smallest absolute Gasteiger partial charge is 0.257 e. The lowest BCUT2D eigenvalue weighted by molar-refractivity contribution is 0.00242. The molecule has 0 saturated carbocycles. The lowest BCUT2D eigenvalue weighted by Gasteiger charge is -2.33. The van der Waals surface area contributed by atoms with E-state index in [1.165, 1.54) is 7.11 Å². The van der Waals surface area contributed by atoms with Crippen molar-refractivity contribution in [2.45, 2.75) is 44.1 Å². The molecule has 2 aromatic rings. The van der Waals surface area contributed by atoms with Crippen LogP contribution in [0.25, 0.3) is 0 Å². The Kier molecular flexibility index (Phi) is 7.42. The van der Waals surface area contributed by atoms with E-state index in [4.69, 9.17) is 30.3 Å². The van der Waals surface area contributed by atoms with Crippen molar-refractivity contribution >= 4 is 17.5 Å². The zero-order valence-corrected chi connectivity index (χ0v) is 18.5. The van der Waals surface area contributed by atoms with Gasteiger partial charge in [0.2, 0.25) is 5.89 Å². The number of piperidine rings is 1. The highest BCUT2D eigenvalue weighted by Crippen LogP contribution is 2.27. The summed E-state index contributed by atoms with van der Waals surface area (Å²) in [7, 11) is 1.54. The summed E-state index contributed by atoms with van der Waals surface area (Å²) < 4.78 is 22.2. The van der Waals surface area contributed by atoms with Crippen LogP contribution >= 0.6 is 11.6 Å². The van der Waals surface area contributed by atoms with Crippen molar-refractivity contribution in [2.24, 2.45) is 0 Å². The summed E-state index contributed by atoms with van der Waals surface area (Å²) in [6.45, 7) is 3.21. The summed E-state index contributed by atoms with van der Waals surface area (Å²) in [6, 6.07) is 5.07. The van der Waals surface area contributed by atoms with Crippen molar-refractivity contribution in [1.29, 1.82) is 0 Å². The molecule has 3 heterocycles. The van der Waals surface area contributed by atoms with Crippen LogP contribution in [-0.2, 0) is 15.9 Å². The molecule has 1 atom stereocenters. The van der Waals surface area contributed by atoms with Gasteiger partial charge in [-0.1, -0.05) is 16.8 Å². The number of hydrogen-bond donors (Lipinski definition) is 0. The van der Waals surface area contributed by atoms with Crippen LogP contribution in [0.4, 0.5) is 0 Å². The van der Waals surface area contributed by atoms with E-state index in [1.807, 2.05) is 4.90 Å². The molecule has 8 nitrogen and oxygen atoms in total. The third kappa shape index (κ3) is 5.56. The number of ether oxygens (including phenoxy) is 3. The molecule has 0 bridgehead atoms. The summed E-state index contributed by atoms with van der Waals surface area (Å²) in [5.74, 6) is 2.07. The Morgan fingerprint density at radius 1 is 1.29 bits per heavy atom. The molecule has 0 radical (unpaired) electrons. The Hall–Kier alpha value is -2.16. The SMILES string of the molecule is COc1cc(Cl)ccc1C(=O)N1CCCC(OCCc2noc(C3CCOCC3)n2)C1. The number of rotatable bonds is 7. The highest BCUT2D eigenvalue weighted by Gasteiger charge is 2.27. The van der Waals surface area contributed by atoms with Crippen molar-refractivity contribution in [3.05, 3.63) is 40.5 Å². The fourth-order valence-corrected chi connectivity index (χ4v) is 4.23. The highest BCUT2D eigenvalue weighted by atomic mass is 35.5. The zero-order valence-electron chi connectivity index (χ0n) is 17.7. The van der Waals surface area contributed by atoms with Gasteiger partial charge >= 0.3 is 0 Å². The molecular weight excluding hydrogens is 422 g/mol. The highest BCUT2D eigenvalue weighted by molar-refractivity contribution is 6.30. The van der Waals surface area contributed by atoms with Gasteiger partial charge in [0.25, 0.3) is 5.91 Å². The predicted octanol–water partition coefficient (Wildman–Crippen LogP) is 3.49. The maximum atomic E-state index is 13.0. The minimum absolute atomic E-state index is 0.0159. The van der Waals surface area contributed by atoms with Crippen LogP contribution in [0, 0.1) is 0 Å². The van der Waals surface area contributed by atoms with Crippen molar-refractivity contribution in [3.63, 3.8) is 0 Å². The molecular formula is C22H28ClN3O5. The molecule has 0 aliphatic carbocycles. The topological polar surface area (TPSA) is 86.9 Å². The summed E-state index contributed by atoms with van der Waals surface area (Å²) in [6.07, 6.45) is 4.22. The first-order valence-corrected chi connectivity index (χ1v) is 11.2. The number of halogens is 1. The van der Waals surface area contributed by atoms with Crippen molar-refractivity contribution in [3.8, 4) is 5.75 Å². The molecule has 2 fully saturated rings. The molecule has 1 aromatic heterocycles. The van der Waals surface area contributed by atoms with Crippen molar-refractivity contribution in [2.75, 3.05) is 40.0 Å². The van der Waals surface area contributed by atoms with E-state index < -0.39 is 0 Å². The Balaban J connectivity index is 1.27. The number of carbonyl (C=O) groups excluding carboxylic acids is 1. The molecule has 9 heteroatoms. The second kappa shape index (κ2) is 10.4. The van der Waals surface area contributed by atoms with Gasteiger partial charge in [-0.15, -0.1) is 0 Å². The summed E-state index contributed by atoms with van der Waals surface area (Å²) >= 11 is 6.02. The molecule has 2 aliphatic heterocycles. The van der Waals surface area contributed by atoms with Crippen LogP contribution in [0.2, 0.25) is 5.02 Å². The second-order valence-electron chi connectivity index (χ2n) is 7.92. The number of nitrogens with zero attached hydrogens (tertiary/aromatic N) is 3. The molecule has 2 saturated heterocycles. The van der Waals surface area contributed by atoms with E-state index in [2.05, 4.69) is 10.1 Å². The van der Waals surface area contributed by atoms with E-state index in [1.54, 1.807) is 18.2 Å². The maximum Gasteiger partial charge on any atom is 0.257 e. The number of carbonyl (C=O) groups is 1. The minimum atomic E-state index is -0.0684. The van der Waals surface area contributed by atoms with Crippen LogP contribution in [0.15, 0.2) is 22.7 Å². The predicted molar refractivity (Wildman–Crippen MR) is 114 cm³/mol. The average Bonchev–Trinajstić information content (AvgIpc) is 3.28. The molecule has 0 N–H and O–H groups in total. The van der Waals surface area contributed by atoms with Gasteiger partial charge in [0.05, 0.1) is 25.4 Å². The standard InChI is InChI=1S/C22H28ClN3O5/c1-28-19-13-16(23)4-5-18(19)22(27)26-9-2-3-17(14-26)30-12-8-20-24-21(31-25-20)15-6-10-29-11-7-15/h4-5,13,15,17H,2-3,6-12,14H2,1H3. The normalized spacial score (nSPS) is 20.1. The van der Waals surface area contributed by atoms with Gasteiger partial charge in [-0.25, -0.2) is 0 Å². The molecule has 4 rings (SSSR count). The van der Waals surface area contributed by atoms with Gasteiger partial charge in [0, 0.05) is 43.7 Å². The number of methoxy groups -OCH3 is 1. The molecule has 0 spiro atoms. The summed E-state index contributed by atoms with van der Waals surface area (Å²) in [5, 5.41) is 4.62. The number of amides is 1. The zero-order chi connectivity index (χ0) is 21.6. The number of benzene rings is 1. The summed E-state index contributed by atoms with van der Waals surface area (Å²) in [5.41, 5.74) is 0.514. The first-order valence-electron chi connectivity index (χ1n) is 10.8. The van der Waals surface area contributed by atoms with Gasteiger partial charge in [-0.3, -0.25) is 4.79 Å². The van der Waals surface area contributed by atoms with E-state index in [0.29, 0.717) is 60.1 Å². The van der Waals surface area contributed by atoms with Crippen molar-refractivity contribution < 1.29 is 23.5 Å². The third-order valence-electron chi connectivity index (χ3n) is 5.79. The van der Waals surface area contributed by atoms with Crippen LogP contribution < -0.4 is 4.74 Å². The minimum Gasteiger partial charge on any atom is -0.496 e. The fourth-order valence-electron chi connectivity index (χ4n) is 4.07. The van der Waals surface area contributed by atoms with Crippen LogP contribution in [0.5, 0.6) is 5.75 Å². The number of aromatic nitrogens is 2. The van der Waals surface area contributed by atoms with Gasteiger partial charge in [0.15, 0.2) is 5.82 Å². The lowest BCUT2D eigenvalue weighted by Crippen LogP contribution is -2.43. The molecule has 1 unspecified atom stereocenters. The van der Waals surface area contributed by atoms with E-state index >= 15 is 0 Å². The number of hydrogen-bond acceptors (Lipinski definition) is 7. The molecule has 2 aliphatic rings. The second-order valence-corrected chi connectivity index (χ2v) is 8.35. The Morgan fingerprint density at radius 3 is 2.94 bits per heavy atom. The molecule has 31 heavy (non-hydrogen) atoms. The molecule has 168 valence electrons. The third-order valence-corrected chi connectivity index (χ3v) is 6.03. The van der Waals surface area contributed by atoms with Crippen LogP contribution in [0.3, 0.4) is 0 Å². The fraction of sp³-hybridized carbons (Fsp3) is 0.591. The maximum absolute atomic E-state index is 13.0. The molecule has 1 aromatic carbocycles. The first kappa shape index (κ1) is 22.0. The quantitative estimate of drug-likeness (QED) is 0.639.